The number of sulfone groups is 1. The van der Waals surface area contributed by atoms with Crippen molar-refractivity contribution < 1.29 is 27.5 Å². The van der Waals surface area contributed by atoms with Crippen molar-refractivity contribution in [3.8, 4) is 5.75 Å². The molecule has 0 saturated heterocycles. The van der Waals surface area contributed by atoms with Crippen molar-refractivity contribution in [3.63, 3.8) is 0 Å². The van der Waals surface area contributed by atoms with Crippen LogP contribution in [0.25, 0.3) is 0 Å². The van der Waals surface area contributed by atoms with E-state index < -0.39 is 21.7 Å². The van der Waals surface area contributed by atoms with Gasteiger partial charge in [0.15, 0.2) is 9.84 Å². The number of benzene rings is 2. The molecular formula is C20H21BrN2O6S. The Balaban J connectivity index is 2.13. The van der Waals surface area contributed by atoms with Crippen LogP contribution >= 0.6 is 15.9 Å². The largest absolute Gasteiger partial charge is 0.426 e. The summed E-state index contributed by atoms with van der Waals surface area (Å²) in [6, 6.07) is 10.6. The molecule has 0 aliphatic rings. The van der Waals surface area contributed by atoms with Gasteiger partial charge in [-0.05, 0) is 52.7 Å². The fourth-order valence-corrected chi connectivity index (χ4v) is 4.39. The number of hydrogen-bond donors (Lipinski definition) is 2. The summed E-state index contributed by atoms with van der Waals surface area (Å²) in [5, 5.41) is 5.08. The number of para-hydroxylation sites is 1. The van der Waals surface area contributed by atoms with Crippen LogP contribution in [-0.2, 0) is 19.4 Å². The maximum absolute atomic E-state index is 12.7. The standard InChI is InChI=1S/C20H21BrN2O6S/c1-22-18(24)8-5-9-19(25)29-16-7-4-3-6-14(16)20(26)23-13-10-11-15(21)17(12-13)30(2,27)28/h3-4,6-7,10-12H,5,8-9H2,1-2H3,(H,22,24)(H,23,26). The SMILES string of the molecule is CNC(=O)CCCC(=O)Oc1ccccc1C(=O)Nc1ccc(Br)c(S(C)(=O)=O)c1. The van der Waals surface area contributed by atoms with Crippen LogP contribution in [0.4, 0.5) is 5.69 Å². The smallest absolute Gasteiger partial charge is 0.311 e. The first kappa shape index (κ1) is 23.6. The third-order valence-electron chi connectivity index (χ3n) is 4.01. The van der Waals surface area contributed by atoms with Crippen molar-refractivity contribution >= 4 is 49.2 Å². The number of carbonyl (C=O) groups excluding carboxylic acids is 3. The maximum Gasteiger partial charge on any atom is 0.311 e. The van der Waals surface area contributed by atoms with Gasteiger partial charge in [-0.1, -0.05) is 12.1 Å². The van der Waals surface area contributed by atoms with Gasteiger partial charge in [-0.15, -0.1) is 0 Å². The Kier molecular flexibility index (Phi) is 8.13. The van der Waals surface area contributed by atoms with Crippen molar-refractivity contribution in [2.24, 2.45) is 0 Å². The molecule has 0 aromatic heterocycles. The summed E-state index contributed by atoms with van der Waals surface area (Å²) in [5.41, 5.74) is 0.385. The van der Waals surface area contributed by atoms with Gasteiger partial charge < -0.3 is 15.4 Å². The van der Waals surface area contributed by atoms with E-state index in [2.05, 4.69) is 26.6 Å². The van der Waals surface area contributed by atoms with E-state index in [1.165, 1.54) is 31.3 Å². The highest BCUT2D eigenvalue weighted by Crippen LogP contribution is 2.26. The molecule has 0 radical (unpaired) electrons. The van der Waals surface area contributed by atoms with E-state index in [4.69, 9.17) is 4.74 Å². The second-order valence-electron chi connectivity index (χ2n) is 6.37. The molecule has 2 rings (SSSR count). The Morgan fingerprint density at radius 1 is 1.07 bits per heavy atom. The van der Waals surface area contributed by atoms with Gasteiger partial charge in [-0.25, -0.2) is 8.42 Å². The summed E-state index contributed by atoms with van der Waals surface area (Å²) >= 11 is 3.18. The Bertz CT molecular complexity index is 1070. The van der Waals surface area contributed by atoms with Crippen LogP contribution in [0.1, 0.15) is 29.6 Å². The van der Waals surface area contributed by atoms with E-state index in [1.54, 1.807) is 18.2 Å². The molecule has 0 aliphatic heterocycles. The first-order valence-corrected chi connectivity index (χ1v) is 11.6. The molecule has 8 nitrogen and oxygen atoms in total. The van der Waals surface area contributed by atoms with Crippen molar-refractivity contribution in [1.82, 2.24) is 5.32 Å². The van der Waals surface area contributed by atoms with Gasteiger partial charge in [0.25, 0.3) is 5.91 Å². The van der Waals surface area contributed by atoms with Crippen molar-refractivity contribution in [3.05, 3.63) is 52.5 Å². The number of amides is 2. The van der Waals surface area contributed by atoms with Gasteiger partial charge in [-0.3, -0.25) is 14.4 Å². The molecule has 0 aliphatic carbocycles. The summed E-state index contributed by atoms with van der Waals surface area (Å²) in [4.78, 5) is 36.0. The second-order valence-corrected chi connectivity index (χ2v) is 9.21. The number of hydrogen-bond acceptors (Lipinski definition) is 6. The highest BCUT2D eigenvalue weighted by atomic mass is 79.9. The summed E-state index contributed by atoms with van der Waals surface area (Å²) in [6.45, 7) is 0. The lowest BCUT2D eigenvalue weighted by atomic mass is 10.1. The third-order valence-corrected chi connectivity index (χ3v) is 6.10. The van der Waals surface area contributed by atoms with Crippen LogP contribution in [-0.4, -0.2) is 39.5 Å². The number of carbonyl (C=O) groups is 3. The predicted molar refractivity (Wildman–Crippen MR) is 115 cm³/mol. The Hall–Kier alpha value is -2.72. The fraction of sp³-hybridized carbons (Fsp3) is 0.250. The van der Waals surface area contributed by atoms with E-state index >= 15 is 0 Å². The van der Waals surface area contributed by atoms with Crippen molar-refractivity contribution in [1.29, 1.82) is 0 Å². The Morgan fingerprint density at radius 2 is 1.77 bits per heavy atom. The van der Waals surface area contributed by atoms with Gasteiger partial charge >= 0.3 is 5.97 Å². The lowest BCUT2D eigenvalue weighted by molar-refractivity contribution is -0.134. The van der Waals surface area contributed by atoms with E-state index in [0.29, 0.717) is 10.9 Å². The second kappa shape index (κ2) is 10.4. The molecule has 0 bridgehead atoms. The van der Waals surface area contributed by atoms with Crippen LogP contribution < -0.4 is 15.4 Å². The van der Waals surface area contributed by atoms with E-state index in [9.17, 15) is 22.8 Å². The molecule has 2 aromatic carbocycles. The van der Waals surface area contributed by atoms with Crippen LogP contribution in [0.2, 0.25) is 0 Å². The van der Waals surface area contributed by atoms with E-state index in [1.807, 2.05) is 0 Å². The summed E-state index contributed by atoms with van der Waals surface area (Å²) in [6.07, 6.45) is 1.60. The molecule has 30 heavy (non-hydrogen) atoms. The number of anilines is 1. The van der Waals surface area contributed by atoms with E-state index in [-0.39, 0.29) is 40.6 Å². The zero-order valence-electron chi connectivity index (χ0n) is 16.4. The average molecular weight is 497 g/mol. The van der Waals surface area contributed by atoms with Gasteiger partial charge in [0.05, 0.1) is 10.5 Å². The van der Waals surface area contributed by atoms with Crippen LogP contribution in [0.15, 0.2) is 51.8 Å². The molecule has 10 heteroatoms. The first-order chi connectivity index (χ1) is 14.1. The topological polar surface area (TPSA) is 119 Å². The molecule has 0 unspecified atom stereocenters. The van der Waals surface area contributed by atoms with Gasteiger partial charge in [0, 0.05) is 36.3 Å². The normalized spacial score (nSPS) is 10.9. The summed E-state index contributed by atoms with van der Waals surface area (Å²) in [5.74, 6) is -1.24. The van der Waals surface area contributed by atoms with Crippen LogP contribution in [0.5, 0.6) is 5.75 Å². The minimum atomic E-state index is -3.49. The van der Waals surface area contributed by atoms with Crippen LogP contribution in [0.3, 0.4) is 0 Å². The highest BCUT2D eigenvalue weighted by Gasteiger charge is 2.17. The molecule has 2 N–H and O–H groups in total. The molecule has 2 aromatic rings. The first-order valence-electron chi connectivity index (χ1n) is 8.93. The van der Waals surface area contributed by atoms with Gasteiger partial charge in [0.1, 0.15) is 5.75 Å². The zero-order chi connectivity index (χ0) is 22.3. The fourth-order valence-electron chi connectivity index (χ4n) is 2.50. The number of ether oxygens (including phenoxy) is 1. The third kappa shape index (κ3) is 6.67. The average Bonchev–Trinajstić information content (AvgIpc) is 2.68. The molecule has 0 heterocycles. The molecular weight excluding hydrogens is 476 g/mol. The quantitative estimate of drug-likeness (QED) is 0.428. The number of esters is 1. The zero-order valence-corrected chi connectivity index (χ0v) is 18.8. The Labute approximate surface area is 183 Å². The van der Waals surface area contributed by atoms with Gasteiger partial charge in [-0.2, -0.15) is 0 Å². The highest BCUT2D eigenvalue weighted by molar-refractivity contribution is 9.10. The number of halogens is 1. The van der Waals surface area contributed by atoms with Gasteiger partial charge in [0.2, 0.25) is 5.91 Å². The minimum absolute atomic E-state index is 0.0216. The monoisotopic (exact) mass is 496 g/mol. The minimum Gasteiger partial charge on any atom is -0.426 e. The molecule has 0 atom stereocenters. The lowest BCUT2D eigenvalue weighted by Crippen LogP contribution is -2.19. The summed E-state index contributed by atoms with van der Waals surface area (Å²) < 4.78 is 29.4. The van der Waals surface area contributed by atoms with E-state index in [0.717, 1.165) is 6.26 Å². The molecule has 0 spiro atoms. The Morgan fingerprint density at radius 3 is 2.43 bits per heavy atom. The predicted octanol–water partition coefficient (Wildman–Crippen LogP) is 2.93. The molecule has 2 amide bonds. The molecule has 0 fully saturated rings. The van der Waals surface area contributed by atoms with Crippen molar-refractivity contribution in [2.75, 3.05) is 18.6 Å². The number of rotatable bonds is 8. The molecule has 0 saturated carbocycles. The number of nitrogens with one attached hydrogen (secondary N) is 2. The summed E-state index contributed by atoms with van der Waals surface area (Å²) in [7, 11) is -1.98. The van der Waals surface area contributed by atoms with Crippen molar-refractivity contribution in [2.45, 2.75) is 24.2 Å². The molecule has 160 valence electrons. The van der Waals surface area contributed by atoms with Crippen LogP contribution in [0, 0.1) is 0 Å². The maximum atomic E-state index is 12.7. The lowest BCUT2D eigenvalue weighted by Gasteiger charge is -2.12.